The van der Waals surface area contributed by atoms with Crippen molar-refractivity contribution in [3.8, 4) is 5.75 Å². The van der Waals surface area contributed by atoms with E-state index in [9.17, 15) is 0 Å². The van der Waals surface area contributed by atoms with E-state index in [1.54, 1.807) is 12.1 Å². The number of benzene rings is 1. The number of ether oxygens (including phenoxy) is 1. The Morgan fingerprint density at radius 1 is 1.47 bits per heavy atom. The zero-order valence-electron chi connectivity index (χ0n) is 7.44. The third-order valence-electron chi connectivity index (χ3n) is 1.64. The number of tetrazole rings is 1. The van der Waals surface area contributed by atoms with Crippen molar-refractivity contribution in [3.05, 3.63) is 33.5 Å². The summed E-state index contributed by atoms with van der Waals surface area (Å²) in [6, 6.07) is 5.36. The summed E-state index contributed by atoms with van der Waals surface area (Å²) in [5.41, 5.74) is 0. The largest absolute Gasteiger partial charge is 0.484 e. The number of H-pyrrole nitrogens is 1. The van der Waals surface area contributed by atoms with Gasteiger partial charge >= 0.3 is 0 Å². The van der Waals surface area contributed by atoms with E-state index in [4.69, 9.17) is 16.3 Å². The lowest BCUT2D eigenvalue weighted by Gasteiger charge is -2.05. The summed E-state index contributed by atoms with van der Waals surface area (Å²) in [7, 11) is 0. The second-order valence-corrected chi connectivity index (χ2v) is 4.01. The van der Waals surface area contributed by atoms with Gasteiger partial charge in [-0.3, -0.25) is 0 Å². The van der Waals surface area contributed by atoms with Crippen molar-refractivity contribution in [2.75, 3.05) is 0 Å². The molecular formula is C8H6BrClN4O. The molecule has 0 amide bonds. The van der Waals surface area contributed by atoms with Crippen molar-refractivity contribution in [3.63, 3.8) is 0 Å². The van der Waals surface area contributed by atoms with Gasteiger partial charge in [-0.15, -0.1) is 10.2 Å². The maximum absolute atomic E-state index is 5.93. The third-order valence-corrected chi connectivity index (χ3v) is 2.44. The first-order valence-corrected chi connectivity index (χ1v) is 5.23. The molecule has 0 bridgehead atoms. The topological polar surface area (TPSA) is 63.7 Å². The predicted molar refractivity (Wildman–Crippen MR) is 57.7 cm³/mol. The zero-order valence-corrected chi connectivity index (χ0v) is 9.79. The molecule has 1 aromatic heterocycles. The summed E-state index contributed by atoms with van der Waals surface area (Å²) < 4.78 is 6.31. The fraction of sp³-hybridized carbons (Fsp3) is 0.125. The standard InChI is InChI=1S/C8H6BrClN4O/c9-5-1-2-6(10)7(3-5)15-4-8-11-13-14-12-8/h1-3H,4H2,(H,11,12,13,14). The van der Waals surface area contributed by atoms with E-state index in [2.05, 4.69) is 36.6 Å². The van der Waals surface area contributed by atoms with Crippen LogP contribution in [0.3, 0.4) is 0 Å². The number of nitrogens with zero attached hydrogens (tertiary/aromatic N) is 3. The lowest BCUT2D eigenvalue weighted by Crippen LogP contribution is -1.98. The monoisotopic (exact) mass is 288 g/mol. The van der Waals surface area contributed by atoms with Crippen molar-refractivity contribution >= 4 is 27.5 Å². The lowest BCUT2D eigenvalue weighted by molar-refractivity contribution is 0.296. The van der Waals surface area contributed by atoms with Gasteiger partial charge in [-0.25, -0.2) is 0 Å². The number of halogens is 2. The van der Waals surface area contributed by atoms with Crippen LogP contribution in [0.5, 0.6) is 5.75 Å². The molecule has 7 heteroatoms. The molecule has 1 N–H and O–H groups in total. The van der Waals surface area contributed by atoms with Crippen LogP contribution in [-0.4, -0.2) is 20.6 Å². The molecule has 2 rings (SSSR count). The van der Waals surface area contributed by atoms with Crippen LogP contribution in [-0.2, 0) is 6.61 Å². The minimum Gasteiger partial charge on any atom is -0.484 e. The summed E-state index contributed by atoms with van der Waals surface area (Å²) in [4.78, 5) is 0. The molecule has 2 aromatic rings. The average molecular weight is 290 g/mol. The second-order valence-electron chi connectivity index (χ2n) is 2.69. The fourth-order valence-corrected chi connectivity index (χ4v) is 1.49. The Morgan fingerprint density at radius 2 is 2.33 bits per heavy atom. The number of aromatic nitrogens is 4. The van der Waals surface area contributed by atoms with E-state index >= 15 is 0 Å². The highest BCUT2D eigenvalue weighted by atomic mass is 79.9. The van der Waals surface area contributed by atoms with E-state index in [1.165, 1.54) is 0 Å². The second kappa shape index (κ2) is 4.59. The van der Waals surface area contributed by atoms with Crippen LogP contribution < -0.4 is 4.74 Å². The van der Waals surface area contributed by atoms with Crippen LogP contribution in [0.25, 0.3) is 0 Å². The molecule has 0 aliphatic heterocycles. The van der Waals surface area contributed by atoms with Gasteiger partial charge in [0.25, 0.3) is 0 Å². The Balaban J connectivity index is 2.07. The van der Waals surface area contributed by atoms with Gasteiger partial charge in [0.05, 0.1) is 5.02 Å². The van der Waals surface area contributed by atoms with Crippen molar-refractivity contribution in [1.29, 1.82) is 0 Å². The Morgan fingerprint density at radius 3 is 3.07 bits per heavy atom. The summed E-state index contributed by atoms with van der Waals surface area (Å²) in [5.74, 6) is 1.06. The molecule has 0 saturated heterocycles. The summed E-state index contributed by atoms with van der Waals surface area (Å²) in [5, 5.41) is 13.8. The number of hydrogen-bond donors (Lipinski definition) is 1. The molecule has 0 spiro atoms. The quantitative estimate of drug-likeness (QED) is 0.941. The van der Waals surface area contributed by atoms with Crippen LogP contribution >= 0.6 is 27.5 Å². The molecule has 0 atom stereocenters. The van der Waals surface area contributed by atoms with E-state index in [-0.39, 0.29) is 6.61 Å². The zero-order chi connectivity index (χ0) is 10.7. The minimum atomic E-state index is 0.229. The molecule has 0 unspecified atom stereocenters. The van der Waals surface area contributed by atoms with Crippen LogP contribution in [0.4, 0.5) is 0 Å². The van der Waals surface area contributed by atoms with Gasteiger partial charge in [0.2, 0.25) is 5.82 Å². The van der Waals surface area contributed by atoms with Crippen molar-refractivity contribution in [1.82, 2.24) is 20.6 Å². The third kappa shape index (κ3) is 2.66. The van der Waals surface area contributed by atoms with Gasteiger partial charge in [0.15, 0.2) is 6.61 Å². The highest BCUT2D eigenvalue weighted by Crippen LogP contribution is 2.28. The van der Waals surface area contributed by atoms with E-state index in [0.29, 0.717) is 16.6 Å². The molecule has 1 heterocycles. The van der Waals surface area contributed by atoms with Crippen LogP contribution in [0.15, 0.2) is 22.7 Å². The van der Waals surface area contributed by atoms with E-state index in [0.717, 1.165) is 4.47 Å². The first-order chi connectivity index (χ1) is 7.25. The van der Waals surface area contributed by atoms with Crippen LogP contribution in [0, 0.1) is 0 Å². The minimum absolute atomic E-state index is 0.229. The molecule has 0 radical (unpaired) electrons. The Hall–Kier alpha value is -1.14. The number of rotatable bonds is 3. The molecule has 5 nitrogen and oxygen atoms in total. The molecule has 15 heavy (non-hydrogen) atoms. The van der Waals surface area contributed by atoms with Gasteiger partial charge < -0.3 is 4.74 Å². The summed E-state index contributed by atoms with van der Waals surface area (Å²) in [6.07, 6.45) is 0. The van der Waals surface area contributed by atoms with Crippen LogP contribution in [0.1, 0.15) is 5.82 Å². The number of aromatic amines is 1. The van der Waals surface area contributed by atoms with E-state index in [1.807, 2.05) is 6.07 Å². The summed E-state index contributed by atoms with van der Waals surface area (Å²) >= 11 is 9.25. The summed E-state index contributed by atoms with van der Waals surface area (Å²) in [6.45, 7) is 0.229. The highest BCUT2D eigenvalue weighted by Gasteiger charge is 2.04. The predicted octanol–water partition coefficient (Wildman–Crippen LogP) is 2.19. The van der Waals surface area contributed by atoms with Crippen molar-refractivity contribution < 1.29 is 4.74 Å². The average Bonchev–Trinajstić information content (AvgIpc) is 2.72. The molecule has 1 aromatic carbocycles. The molecule has 0 aliphatic rings. The van der Waals surface area contributed by atoms with Crippen molar-refractivity contribution in [2.45, 2.75) is 6.61 Å². The Bertz CT molecular complexity index is 448. The van der Waals surface area contributed by atoms with Crippen LogP contribution in [0.2, 0.25) is 5.02 Å². The molecule has 0 aliphatic carbocycles. The Labute approximate surface area is 98.9 Å². The highest BCUT2D eigenvalue weighted by molar-refractivity contribution is 9.10. The first kappa shape index (κ1) is 10.4. The van der Waals surface area contributed by atoms with E-state index < -0.39 is 0 Å². The maximum Gasteiger partial charge on any atom is 0.211 e. The Kier molecular flexibility index (Phi) is 3.17. The number of hydrogen-bond acceptors (Lipinski definition) is 4. The smallest absolute Gasteiger partial charge is 0.211 e. The molecular weight excluding hydrogens is 283 g/mol. The van der Waals surface area contributed by atoms with Gasteiger partial charge in [0.1, 0.15) is 5.75 Å². The van der Waals surface area contributed by atoms with Gasteiger partial charge in [-0.05, 0) is 18.2 Å². The van der Waals surface area contributed by atoms with Gasteiger partial charge in [0, 0.05) is 4.47 Å². The van der Waals surface area contributed by atoms with Gasteiger partial charge in [-0.1, -0.05) is 32.7 Å². The molecule has 0 fully saturated rings. The SMILES string of the molecule is Clc1ccc(Br)cc1OCc1nn[nH]n1. The van der Waals surface area contributed by atoms with Crippen molar-refractivity contribution in [2.24, 2.45) is 0 Å². The molecule has 0 saturated carbocycles. The first-order valence-electron chi connectivity index (χ1n) is 4.06. The molecule has 78 valence electrons. The maximum atomic E-state index is 5.93. The normalized spacial score (nSPS) is 10.3. The van der Waals surface area contributed by atoms with Gasteiger partial charge in [-0.2, -0.15) is 5.21 Å². The lowest BCUT2D eigenvalue weighted by atomic mass is 10.3. The fourth-order valence-electron chi connectivity index (χ4n) is 0.974. The number of nitrogens with one attached hydrogen (secondary N) is 1.